The second-order valence-electron chi connectivity index (χ2n) is 3.97. The summed E-state index contributed by atoms with van der Waals surface area (Å²) >= 11 is 0. The SMILES string of the molecule is O=C(O)c1nn(-c2ncccn2)c2c1CNCC2. The van der Waals surface area contributed by atoms with E-state index in [4.69, 9.17) is 5.11 Å². The molecule has 0 atom stereocenters. The van der Waals surface area contributed by atoms with Crippen LogP contribution in [-0.2, 0) is 13.0 Å². The Bertz CT molecular complexity index is 593. The second kappa shape index (κ2) is 4.19. The Morgan fingerprint density at radius 3 is 2.89 bits per heavy atom. The van der Waals surface area contributed by atoms with Crippen LogP contribution >= 0.6 is 0 Å². The lowest BCUT2D eigenvalue weighted by molar-refractivity contribution is 0.0688. The summed E-state index contributed by atoms with van der Waals surface area (Å²) in [4.78, 5) is 19.4. The van der Waals surface area contributed by atoms with E-state index < -0.39 is 5.97 Å². The fourth-order valence-corrected chi connectivity index (χ4v) is 2.09. The molecule has 18 heavy (non-hydrogen) atoms. The van der Waals surface area contributed by atoms with Gasteiger partial charge in [0.2, 0.25) is 0 Å². The highest BCUT2D eigenvalue weighted by molar-refractivity contribution is 5.87. The molecule has 0 aliphatic carbocycles. The molecule has 2 aromatic heterocycles. The molecule has 0 amide bonds. The van der Waals surface area contributed by atoms with Gasteiger partial charge in [-0.1, -0.05) is 0 Å². The van der Waals surface area contributed by atoms with Gasteiger partial charge in [-0.15, -0.1) is 0 Å². The zero-order chi connectivity index (χ0) is 12.5. The van der Waals surface area contributed by atoms with E-state index in [1.807, 2.05) is 0 Å². The van der Waals surface area contributed by atoms with Gasteiger partial charge in [-0.2, -0.15) is 5.10 Å². The van der Waals surface area contributed by atoms with Crippen molar-refractivity contribution in [2.75, 3.05) is 6.54 Å². The maximum atomic E-state index is 11.2. The van der Waals surface area contributed by atoms with Crippen LogP contribution in [0.25, 0.3) is 5.95 Å². The molecule has 1 aliphatic heterocycles. The molecule has 0 unspecified atom stereocenters. The van der Waals surface area contributed by atoms with E-state index in [1.165, 1.54) is 4.68 Å². The average Bonchev–Trinajstić information content (AvgIpc) is 2.79. The third-order valence-electron chi connectivity index (χ3n) is 2.87. The highest BCUT2D eigenvalue weighted by Gasteiger charge is 2.25. The van der Waals surface area contributed by atoms with E-state index in [2.05, 4.69) is 20.4 Å². The molecule has 7 heteroatoms. The molecule has 3 rings (SSSR count). The molecule has 1 aliphatic rings. The lowest BCUT2D eigenvalue weighted by atomic mass is 10.1. The summed E-state index contributed by atoms with van der Waals surface area (Å²) < 4.78 is 1.53. The largest absolute Gasteiger partial charge is 0.476 e. The van der Waals surface area contributed by atoms with E-state index in [-0.39, 0.29) is 5.69 Å². The van der Waals surface area contributed by atoms with Gasteiger partial charge in [0.25, 0.3) is 5.95 Å². The summed E-state index contributed by atoms with van der Waals surface area (Å²) in [6, 6.07) is 1.71. The van der Waals surface area contributed by atoms with Gasteiger partial charge >= 0.3 is 5.97 Å². The predicted molar refractivity (Wildman–Crippen MR) is 61.5 cm³/mol. The van der Waals surface area contributed by atoms with E-state index in [0.717, 1.165) is 17.8 Å². The lowest BCUT2D eigenvalue weighted by Crippen LogP contribution is -2.25. The molecule has 92 valence electrons. The number of hydrogen-bond acceptors (Lipinski definition) is 5. The normalized spacial score (nSPS) is 14.2. The number of nitrogens with zero attached hydrogens (tertiary/aromatic N) is 4. The Hall–Kier alpha value is -2.28. The van der Waals surface area contributed by atoms with Crippen molar-refractivity contribution in [3.05, 3.63) is 35.4 Å². The Labute approximate surface area is 102 Å². The van der Waals surface area contributed by atoms with Gasteiger partial charge in [0.15, 0.2) is 5.69 Å². The molecular formula is C11H11N5O2. The number of carboxylic acid groups (broad SMARTS) is 1. The summed E-state index contributed by atoms with van der Waals surface area (Å²) in [7, 11) is 0. The first-order valence-corrected chi connectivity index (χ1v) is 5.59. The van der Waals surface area contributed by atoms with Gasteiger partial charge in [0.05, 0.1) is 5.69 Å². The van der Waals surface area contributed by atoms with Crippen LogP contribution in [0.3, 0.4) is 0 Å². The van der Waals surface area contributed by atoms with Gasteiger partial charge in [-0.3, -0.25) is 0 Å². The van der Waals surface area contributed by atoms with Crippen molar-refractivity contribution < 1.29 is 9.90 Å². The van der Waals surface area contributed by atoms with E-state index in [1.54, 1.807) is 18.5 Å². The fourth-order valence-electron chi connectivity index (χ4n) is 2.09. The number of aromatic carboxylic acids is 1. The first-order valence-electron chi connectivity index (χ1n) is 5.59. The van der Waals surface area contributed by atoms with Crippen LogP contribution in [0.2, 0.25) is 0 Å². The van der Waals surface area contributed by atoms with Crippen LogP contribution in [0.5, 0.6) is 0 Å². The molecule has 2 N–H and O–H groups in total. The van der Waals surface area contributed by atoms with Crippen molar-refractivity contribution in [3.8, 4) is 5.95 Å². The number of fused-ring (bicyclic) bond motifs is 1. The maximum Gasteiger partial charge on any atom is 0.356 e. The average molecular weight is 245 g/mol. The molecule has 2 aromatic rings. The minimum atomic E-state index is -1.02. The maximum absolute atomic E-state index is 11.2. The Balaban J connectivity index is 2.18. The number of rotatable bonds is 2. The van der Waals surface area contributed by atoms with Crippen LogP contribution < -0.4 is 5.32 Å². The van der Waals surface area contributed by atoms with Crippen LogP contribution in [0.1, 0.15) is 21.7 Å². The van der Waals surface area contributed by atoms with Gasteiger partial charge < -0.3 is 10.4 Å². The summed E-state index contributed by atoms with van der Waals surface area (Å²) in [6.45, 7) is 1.31. The second-order valence-corrected chi connectivity index (χ2v) is 3.97. The van der Waals surface area contributed by atoms with Gasteiger partial charge in [0.1, 0.15) is 0 Å². The molecule has 0 saturated carbocycles. The Morgan fingerprint density at radius 1 is 1.39 bits per heavy atom. The monoisotopic (exact) mass is 245 g/mol. The molecule has 0 fully saturated rings. The molecule has 0 spiro atoms. The molecule has 3 heterocycles. The first kappa shape index (κ1) is 10.8. The predicted octanol–water partition coefficient (Wildman–Crippen LogP) is 0.00620. The third-order valence-corrected chi connectivity index (χ3v) is 2.87. The Morgan fingerprint density at radius 2 is 2.17 bits per heavy atom. The molecular weight excluding hydrogens is 234 g/mol. The summed E-state index contributed by atoms with van der Waals surface area (Å²) in [5.41, 5.74) is 1.67. The summed E-state index contributed by atoms with van der Waals surface area (Å²) in [5.74, 6) is -0.618. The van der Waals surface area contributed by atoms with E-state index in [9.17, 15) is 4.79 Å². The summed E-state index contributed by atoms with van der Waals surface area (Å²) in [5, 5.41) is 16.4. The molecule has 0 saturated heterocycles. The van der Waals surface area contributed by atoms with Crippen LogP contribution in [-0.4, -0.2) is 37.4 Å². The van der Waals surface area contributed by atoms with Crippen molar-refractivity contribution >= 4 is 5.97 Å². The minimum absolute atomic E-state index is 0.0738. The number of carbonyl (C=O) groups is 1. The van der Waals surface area contributed by atoms with Crippen molar-refractivity contribution in [3.63, 3.8) is 0 Å². The lowest BCUT2D eigenvalue weighted by Gasteiger charge is -2.14. The number of carboxylic acids is 1. The van der Waals surface area contributed by atoms with E-state index in [0.29, 0.717) is 18.9 Å². The molecule has 0 bridgehead atoms. The highest BCUT2D eigenvalue weighted by atomic mass is 16.4. The third kappa shape index (κ3) is 1.65. The molecule has 0 radical (unpaired) electrons. The van der Waals surface area contributed by atoms with Gasteiger partial charge in [-0.25, -0.2) is 19.4 Å². The van der Waals surface area contributed by atoms with Crippen molar-refractivity contribution in [1.82, 2.24) is 25.1 Å². The van der Waals surface area contributed by atoms with Crippen molar-refractivity contribution in [1.29, 1.82) is 0 Å². The van der Waals surface area contributed by atoms with Crippen LogP contribution in [0, 0.1) is 0 Å². The standard InChI is InChI=1S/C11H11N5O2/c17-10(18)9-7-6-12-5-2-8(7)16(15-9)11-13-3-1-4-14-11/h1,3-4,12H,2,5-6H2,(H,17,18). The smallest absolute Gasteiger partial charge is 0.356 e. The first-order chi connectivity index (χ1) is 8.77. The number of hydrogen-bond donors (Lipinski definition) is 2. The van der Waals surface area contributed by atoms with Crippen molar-refractivity contribution in [2.24, 2.45) is 0 Å². The van der Waals surface area contributed by atoms with Gasteiger partial charge in [-0.05, 0) is 6.07 Å². The topological polar surface area (TPSA) is 92.9 Å². The fraction of sp³-hybridized carbons (Fsp3) is 0.273. The van der Waals surface area contributed by atoms with Crippen LogP contribution in [0.15, 0.2) is 18.5 Å². The quantitative estimate of drug-likeness (QED) is 0.774. The summed E-state index contributed by atoms with van der Waals surface area (Å²) in [6.07, 6.45) is 3.93. The van der Waals surface area contributed by atoms with Crippen molar-refractivity contribution in [2.45, 2.75) is 13.0 Å². The zero-order valence-corrected chi connectivity index (χ0v) is 9.50. The number of nitrogens with one attached hydrogen (secondary N) is 1. The molecule has 7 nitrogen and oxygen atoms in total. The van der Waals surface area contributed by atoms with Crippen LogP contribution in [0.4, 0.5) is 0 Å². The zero-order valence-electron chi connectivity index (χ0n) is 9.50. The Kier molecular flexibility index (Phi) is 2.52. The van der Waals surface area contributed by atoms with E-state index >= 15 is 0 Å². The number of aromatic nitrogens is 4. The molecule has 0 aromatic carbocycles. The minimum Gasteiger partial charge on any atom is -0.476 e. The van der Waals surface area contributed by atoms with Gasteiger partial charge in [0, 0.05) is 37.5 Å². The highest BCUT2D eigenvalue weighted by Crippen LogP contribution is 2.20.